The first kappa shape index (κ1) is 15.5. The van der Waals surface area contributed by atoms with Crippen molar-refractivity contribution in [2.75, 3.05) is 0 Å². The molecule has 1 heterocycles. The largest absolute Gasteiger partial charge is 0.476 e. The molecule has 2 aromatic rings. The Labute approximate surface area is 133 Å². The topological polar surface area (TPSA) is 9.23 Å². The maximum Gasteiger partial charge on any atom is 0.192 e. The normalized spacial score (nSPS) is 18.9. The van der Waals surface area contributed by atoms with Crippen LogP contribution >= 0.6 is 11.3 Å². The number of thiophene rings is 1. The third kappa shape index (κ3) is 2.89. The van der Waals surface area contributed by atoms with E-state index in [1.807, 2.05) is 24.4 Å². The quantitative estimate of drug-likeness (QED) is 0.702. The Bertz CT molecular complexity index is 600. The highest BCUT2D eigenvalue weighted by atomic mass is 32.1. The van der Waals surface area contributed by atoms with Gasteiger partial charge in [0.2, 0.25) is 0 Å². The fourth-order valence-corrected chi connectivity index (χ4v) is 4.19. The molecule has 1 radical (unpaired) electrons. The molecule has 1 saturated carbocycles. The third-order valence-electron chi connectivity index (χ3n) is 4.56. The Morgan fingerprint density at radius 2 is 2.00 bits per heavy atom. The van der Waals surface area contributed by atoms with E-state index in [-0.39, 0.29) is 11.7 Å². The second-order valence-corrected chi connectivity index (χ2v) is 6.94. The summed E-state index contributed by atoms with van der Waals surface area (Å²) >= 11 is 1.57. The van der Waals surface area contributed by atoms with Gasteiger partial charge in [0.1, 0.15) is 5.60 Å². The van der Waals surface area contributed by atoms with Crippen LogP contribution in [0.4, 0.5) is 8.78 Å². The molecule has 1 aliphatic rings. The Kier molecular flexibility index (Phi) is 4.48. The van der Waals surface area contributed by atoms with Crippen LogP contribution in [0.2, 0.25) is 0 Å². The van der Waals surface area contributed by atoms with Crippen molar-refractivity contribution < 1.29 is 13.5 Å². The fraction of sp³-hybridized carbons (Fsp3) is 0.444. The van der Waals surface area contributed by atoms with Crippen molar-refractivity contribution in [2.45, 2.75) is 44.6 Å². The molecule has 4 heteroatoms. The molecule has 0 N–H and O–H groups in total. The molecule has 1 nitrogen and oxygen atoms in total. The summed E-state index contributed by atoms with van der Waals surface area (Å²) in [6.07, 6.45) is 5.54. The molecule has 1 aromatic carbocycles. The van der Waals surface area contributed by atoms with Crippen molar-refractivity contribution in [3.8, 4) is 5.75 Å². The van der Waals surface area contributed by atoms with Gasteiger partial charge in [-0.05, 0) is 43.3 Å². The van der Waals surface area contributed by atoms with Crippen LogP contribution in [-0.4, -0.2) is 0 Å². The summed E-state index contributed by atoms with van der Waals surface area (Å²) in [4.78, 5) is 1.02. The first-order valence-corrected chi connectivity index (χ1v) is 8.58. The minimum Gasteiger partial charge on any atom is -0.476 e. The zero-order valence-electron chi connectivity index (χ0n) is 12.6. The number of ether oxygens (including phenoxy) is 1. The van der Waals surface area contributed by atoms with Gasteiger partial charge in [-0.2, -0.15) is 0 Å². The van der Waals surface area contributed by atoms with Crippen LogP contribution < -0.4 is 4.74 Å². The summed E-state index contributed by atoms with van der Waals surface area (Å²) in [6, 6.07) is 8.75. The maximum absolute atomic E-state index is 14.0. The molecule has 0 bridgehead atoms. The lowest BCUT2D eigenvalue weighted by atomic mass is 9.77. The highest BCUT2D eigenvalue weighted by Crippen LogP contribution is 2.44. The highest BCUT2D eigenvalue weighted by molar-refractivity contribution is 7.10. The molecule has 22 heavy (non-hydrogen) atoms. The van der Waals surface area contributed by atoms with Crippen molar-refractivity contribution in [1.29, 1.82) is 0 Å². The zero-order chi connectivity index (χ0) is 15.6. The number of benzene rings is 1. The highest BCUT2D eigenvalue weighted by Gasteiger charge is 2.40. The molecule has 1 atom stereocenters. The predicted molar refractivity (Wildman–Crippen MR) is 84.1 cm³/mol. The molecule has 0 saturated heterocycles. The smallest absolute Gasteiger partial charge is 0.192 e. The number of rotatable bonds is 4. The van der Waals surface area contributed by atoms with Gasteiger partial charge in [0.05, 0.1) is 0 Å². The maximum atomic E-state index is 14.0. The van der Waals surface area contributed by atoms with Gasteiger partial charge in [0, 0.05) is 16.9 Å². The van der Waals surface area contributed by atoms with Crippen LogP contribution in [0, 0.1) is 23.6 Å². The molecular weight excluding hydrogens is 302 g/mol. The number of halogens is 2. The first-order valence-electron chi connectivity index (χ1n) is 7.70. The minimum atomic E-state index is -0.765. The lowest BCUT2D eigenvalue weighted by Crippen LogP contribution is -2.39. The summed E-state index contributed by atoms with van der Waals surface area (Å²) in [5.41, 5.74) is -0.703. The van der Waals surface area contributed by atoms with Crippen molar-refractivity contribution in [3.05, 3.63) is 52.2 Å². The predicted octanol–water partition coefficient (Wildman–Crippen LogP) is 5.70. The van der Waals surface area contributed by atoms with E-state index in [9.17, 15) is 8.78 Å². The van der Waals surface area contributed by atoms with E-state index in [1.165, 1.54) is 18.6 Å². The zero-order valence-corrected chi connectivity index (χ0v) is 13.4. The fourth-order valence-electron chi connectivity index (χ4n) is 3.29. The molecule has 1 aliphatic carbocycles. The SMILES string of the molecule is CC(Oc1c(F)[c]ccc1F)(c1cccs1)C1CCCCC1. The van der Waals surface area contributed by atoms with Crippen molar-refractivity contribution in [1.82, 2.24) is 0 Å². The second-order valence-electron chi connectivity index (χ2n) is 5.99. The average molecular weight is 321 g/mol. The lowest BCUT2D eigenvalue weighted by Gasteiger charge is -2.39. The van der Waals surface area contributed by atoms with E-state index in [2.05, 4.69) is 6.07 Å². The van der Waals surface area contributed by atoms with E-state index in [4.69, 9.17) is 4.74 Å². The van der Waals surface area contributed by atoms with E-state index >= 15 is 0 Å². The summed E-state index contributed by atoms with van der Waals surface area (Å²) in [5, 5.41) is 1.98. The summed E-state index contributed by atoms with van der Waals surface area (Å²) in [7, 11) is 0. The monoisotopic (exact) mass is 321 g/mol. The van der Waals surface area contributed by atoms with Gasteiger partial charge in [-0.3, -0.25) is 0 Å². The second kappa shape index (κ2) is 6.37. The van der Waals surface area contributed by atoms with Gasteiger partial charge in [0.25, 0.3) is 0 Å². The summed E-state index contributed by atoms with van der Waals surface area (Å²) in [5.74, 6) is -1.49. The van der Waals surface area contributed by atoms with Crippen LogP contribution in [-0.2, 0) is 5.60 Å². The Morgan fingerprint density at radius 1 is 1.23 bits per heavy atom. The number of hydrogen-bond acceptors (Lipinski definition) is 2. The molecule has 117 valence electrons. The van der Waals surface area contributed by atoms with E-state index in [0.29, 0.717) is 0 Å². The number of hydrogen-bond donors (Lipinski definition) is 0. The molecule has 0 amide bonds. The van der Waals surface area contributed by atoms with Crippen molar-refractivity contribution in [2.24, 2.45) is 5.92 Å². The Balaban J connectivity index is 1.99. The van der Waals surface area contributed by atoms with Gasteiger partial charge in [-0.15, -0.1) is 11.3 Å². The standard InChI is InChI=1S/C18H19F2OS/c1-18(16-11-6-12-22-16,13-7-3-2-4-8-13)21-17-14(19)9-5-10-15(17)20/h5-6,9,11-13H,2-4,7-8H2,1H3. The molecule has 1 fully saturated rings. The Morgan fingerprint density at radius 3 is 2.64 bits per heavy atom. The third-order valence-corrected chi connectivity index (χ3v) is 5.65. The lowest BCUT2D eigenvalue weighted by molar-refractivity contribution is 0.000428. The van der Waals surface area contributed by atoms with Gasteiger partial charge >= 0.3 is 0 Å². The molecule has 1 unspecified atom stereocenters. The van der Waals surface area contributed by atoms with Gasteiger partial charge in [-0.25, -0.2) is 8.78 Å². The Hall–Kier alpha value is -1.42. The van der Waals surface area contributed by atoms with Crippen molar-refractivity contribution in [3.63, 3.8) is 0 Å². The van der Waals surface area contributed by atoms with Gasteiger partial charge in [-0.1, -0.05) is 25.3 Å². The van der Waals surface area contributed by atoms with Gasteiger partial charge in [0.15, 0.2) is 17.4 Å². The summed E-state index contributed by atoms with van der Waals surface area (Å²) in [6.45, 7) is 1.96. The molecule has 1 aromatic heterocycles. The summed E-state index contributed by atoms with van der Waals surface area (Å²) < 4.78 is 34.0. The molecule has 0 aliphatic heterocycles. The minimum absolute atomic E-state index is 0.263. The van der Waals surface area contributed by atoms with Crippen LogP contribution in [0.15, 0.2) is 29.6 Å². The van der Waals surface area contributed by atoms with Crippen LogP contribution in [0.1, 0.15) is 43.9 Å². The van der Waals surface area contributed by atoms with E-state index in [1.54, 1.807) is 11.3 Å². The van der Waals surface area contributed by atoms with E-state index < -0.39 is 17.2 Å². The molecular formula is C18H19F2OS. The van der Waals surface area contributed by atoms with Crippen LogP contribution in [0.5, 0.6) is 5.75 Å². The first-order chi connectivity index (χ1) is 10.6. The van der Waals surface area contributed by atoms with Crippen LogP contribution in [0.25, 0.3) is 0 Å². The molecule has 3 rings (SSSR count). The molecule has 0 spiro atoms. The van der Waals surface area contributed by atoms with Crippen molar-refractivity contribution >= 4 is 11.3 Å². The average Bonchev–Trinajstić information content (AvgIpc) is 3.07. The van der Waals surface area contributed by atoms with Gasteiger partial charge < -0.3 is 4.74 Å². The van der Waals surface area contributed by atoms with E-state index in [0.717, 1.165) is 30.6 Å². The van der Waals surface area contributed by atoms with Crippen LogP contribution in [0.3, 0.4) is 0 Å².